The molecule has 4 heteroatoms. The minimum atomic E-state index is 0.121. The molecule has 1 aromatic rings. The van der Waals surface area contributed by atoms with Gasteiger partial charge in [0.2, 0.25) is 6.72 Å². The number of amidine groups is 1. The van der Waals surface area contributed by atoms with Gasteiger partial charge in [-0.3, -0.25) is 5.41 Å². The third-order valence-corrected chi connectivity index (χ3v) is 1.08. The van der Waals surface area contributed by atoms with Gasteiger partial charge >= 0.3 is 0 Å². The van der Waals surface area contributed by atoms with E-state index in [4.69, 9.17) is 16.7 Å². The van der Waals surface area contributed by atoms with Crippen LogP contribution >= 0.6 is 0 Å². The smallest absolute Gasteiger partial charge is 0.245 e. The molecule has 0 saturated heterocycles. The minimum absolute atomic E-state index is 0.121. The Bertz CT molecular complexity index is 272. The van der Waals surface area contributed by atoms with E-state index in [0.717, 1.165) is 5.56 Å². The largest absolute Gasteiger partial charge is 0.384 e. The molecule has 0 atom stereocenters. The van der Waals surface area contributed by atoms with E-state index in [1.807, 2.05) is 30.3 Å². The van der Waals surface area contributed by atoms with Crippen molar-refractivity contribution in [2.75, 3.05) is 0 Å². The second-order valence-corrected chi connectivity index (χ2v) is 1.92. The molecule has 0 spiro atoms. The Balaban J connectivity index is 0.000000354. The highest BCUT2D eigenvalue weighted by atomic mass is 14.8. The Kier molecular flexibility index (Phi) is 4.89. The molecule has 0 fully saturated rings. The third kappa shape index (κ3) is 3.98. The first-order valence-corrected chi connectivity index (χ1v) is 3.22. The fraction of sp³-hybridized carbons (Fsp3) is 0. The maximum atomic E-state index is 7.08. The molecule has 0 saturated carbocycles. The van der Waals surface area contributed by atoms with Crippen molar-refractivity contribution in [2.45, 2.75) is 0 Å². The summed E-state index contributed by atoms with van der Waals surface area (Å²) in [6.07, 6.45) is 0. The molecule has 1 rings (SSSR count). The van der Waals surface area contributed by atoms with Gasteiger partial charge in [-0.05, 0) is 0 Å². The van der Waals surface area contributed by atoms with E-state index in [-0.39, 0.29) is 5.84 Å². The molecule has 4 nitrogen and oxygen atoms in total. The highest BCUT2D eigenvalue weighted by Crippen LogP contribution is 1.94. The first-order valence-electron chi connectivity index (χ1n) is 3.22. The van der Waals surface area contributed by atoms with E-state index in [1.165, 1.54) is 0 Å². The number of nitrogen functional groups attached to an aromatic ring is 1. The summed E-state index contributed by atoms with van der Waals surface area (Å²) < 4.78 is 0. The van der Waals surface area contributed by atoms with Gasteiger partial charge in [0, 0.05) is 5.56 Å². The summed E-state index contributed by atoms with van der Waals surface area (Å²) >= 11 is 0. The Morgan fingerprint density at radius 2 is 1.83 bits per heavy atom. The number of hydrogen-bond acceptors (Lipinski definition) is 1. The third-order valence-electron chi connectivity index (χ3n) is 1.08. The van der Waals surface area contributed by atoms with E-state index in [0.29, 0.717) is 0 Å². The number of nitrogens with one attached hydrogen (secondary N) is 1. The molecule has 0 aromatic heterocycles. The average molecular weight is 162 g/mol. The van der Waals surface area contributed by atoms with Crippen molar-refractivity contribution in [1.82, 2.24) is 0 Å². The molecule has 0 aliphatic rings. The van der Waals surface area contributed by atoms with Gasteiger partial charge in [-0.25, -0.2) is 0 Å². The van der Waals surface area contributed by atoms with Crippen LogP contribution in [-0.2, 0) is 0 Å². The van der Waals surface area contributed by atoms with E-state index < -0.39 is 0 Å². The van der Waals surface area contributed by atoms with E-state index in [2.05, 4.69) is 11.5 Å². The van der Waals surface area contributed by atoms with Crippen LogP contribution in [0.2, 0.25) is 0 Å². The zero-order chi connectivity index (χ0) is 9.40. The Hall–Kier alpha value is -1.93. The lowest BCUT2D eigenvalue weighted by Gasteiger charge is -1.93. The lowest BCUT2D eigenvalue weighted by molar-refractivity contribution is 0.0110. The van der Waals surface area contributed by atoms with Gasteiger partial charge in [-0.2, -0.15) is 4.79 Å². The van der Waals surface area contributed by atoms with Gasteiger partial charge in [0.15, 0.2) is 0 Å². The summed E-state index contributed by atoms with van der Waals surface area (Å²) in [6.45, 7) is 2.67. The van der Waals surface area contributed by atoms with Gasteiger partial charge in [-0.15, -0.1) is 0 Å². The van der Waals surface area contributed by atoms with Crippen LogP contribution in [0, 0.1) is 5.41 Å². The van der Waals surface area contributed by atoms with Crippen molar-refractivity contribution < 1.29 is 4.79 Å². The van der Waals surface area contributed by atoms with Gasteiger partial charge in [0.05, 0.1) is 0 Å². The maximum Gasteiger partial charge on any atom is 0.245 e. The molecule has 0 aliphatic heterocycles. The zero-order valence-electron chi connectivity index (χ0n) is 6.57. The van der Waals surface area contributed by atoms with Crippen LogP contribution in [-0.4, -0.2) is 17.3 Å². The van der Waals surface area contributed by atoms with Crippen molar-refractivity contribution in [1.29, 1.82) is 5.41 Å². The first-order chi connectivity index (χ1) is 5.72. The average Bonchev–Trinajstić information content (AvgIpc) is 2.07. The summed E-state index contributed by atoms with van der Waals surface area (Å²) in [6, 6.07) is 9.23. The van der Waals surface area contributed by atoms with E-state index >= 15 is 0 Å². The van der Waals surface area contributed by atoms with Gasteiger partial charge in [0.25, 0.3) is 0 Å². The molecular formula is C8H10N4. The van der Waals surface area contributed by atoms with Crippen molar-refractivity contribution in [3.8, 4) is 0 Å². The second-order valence-electron chi connectivity index (χ2n) is 1.92. The van der Waals surface area contributed by atoms with Crippen LogP contribution in [0.3, 0.4) is 0 Å². The molecule has 12 heavy (non-hydrogen) atoms. The van der Waals surface area contributed by atoms with Crippen LogP contribution in [0.25, 0.3) is 5.53 Å². The summed E-state index contributed by atoms with van der Waals surface area (Å²) in [5.41, 5.74) is 13.1. The first kappa shape index (κ1) is 10.1. The maximum absolute atomic E-state index is 7.08. The normalized spacial score (nSPS) is 7.33. The molecule has 0 heterocycles. The zero-order valence-corrected chi connectivity index (χ0v) is 6.57. The molecule has 62 valence electrons. The fourth-order valence-corrected chi connectivity index (χ4v) is 0.618. The van der Waals surface area contributed by atoms with Crippen LogP contribution < -0.4 is 5.73 Å². The lowest BCUT2D eigenvalue weighted by atomic mass is 10.2. The monoisotopic (exact) mass is 162 g/mol. The molecule has 0 radical (unpaired) electrons. The predicted molar refractivity (Wildman–Crippen MR) is 48.2 cm³/mol. The Morgan fingerprint density at radius 1 is 1.42 bits per heavy atom. The number of nitrogens with two attached hydrogens (primary N) is 1. The summed E-state index contributed by atoms with van der Waals surface area (Å²) in [5.74, 6) is 0.121. The van der Waals surface area contributed by atoms with Gasteiger partial charge in [0.1, 0.15) is 5.84 Å². The fourth-order valence-electron chi connectivity index (χ4n) is 0.618. The van der Waals surface area contributed by atoms with E-state index in [1.54, 1.807) is 0 Å². The summed E-state index contributed by atoms with van der Waals surface area (Å²) in [5, 5.41) is 7.01. The topological polar surface area (TPSA) is 86.3 Å². The molecular weight excluding hydrogens is 152 g/mol. The number of benzene rings is 1. The highest BCUT2D eigenvalue weighted by Gasteiger charge is 1.89. The quantitative estimate of drug-likeness (QED) is 0.273. The molecule has 0 bridgehead atoms. The predicted octanol–water partition coefficient (Wildman–Crippen LogP) is 0.887. The number of hydrogen-bond donors (Lipinski definition) is 2. The number of rotatable bonds is 1. The molecule has 1 aromatic carbocycles. The summed E-state index contributed by atoms with van der Waals surface area (Å²) in [7, 11) is 0. The molecule has 0 unspecified atom stereocenters. The molecule has 0 aliphatic carbocycles. The van der Waals surface area contributed by atoms with Gasteiger partial charge in [-0.1, -0.05) is 30.3 Å². The second kappa shape index (κ2) is 5.82. The van der Waals surface area contributed by atoms with Crippen LogP contribution in [0.1, 0.15) is 5.56 Å². The number of nitrogens with zero attached hydrogens (tertiary/aromatic N) is 2. The van der Waals surface area contributed by atoms with Crippen LogP contribution in [0.4, 0.5) is 0 Å². The summed E-state index contributed by atoms with van der Waals surface area (Å²) in [4.78, 5) is 2.25. The van der Waals surface area contributed by atoms with Crippen molar-refractivity contribution in [3.05, 3.63) is 41.4 Å². The highest BCUT2D eigenvalue weighted by molar-refractivity contribution is 5.94. The van der Waals surface area contributed by atoms with Gasteiger partial charge < -0.3 is 11.3 Å². The van der Waals surface area contributed by atoms with Crippen molar-refractivity contribution >= 4 is 12.6 Å². The van der Waals surface area contributed by atoms with Crippen molar-refractivity contribution in [2.24, 2.45) is 5.73 Å². The van der Waals surface area contributed by atoms with Crippen LogP contribution in [0.5, 0.6) is 0 Å². The minimum Gasteiger partial charge on any atom is -0.384 e. The Labute approximate surface area is 70.8 Å². The lowest BCUT2D eigenvalue weighted by Crippen LogP contribution is -2.10. The van der Waals surface area contributed by atoms with Crippen LogP contribution in [0.15, 0.2) is 30.3 Å². The molecule has 3 N–H and O–H groups in total. The Morgan fingerprint density at radius 3 is 2.08 bits per heavy atom. The van der Waals surface area contributed by atoms with Crippen molar-refractivity contribution in [3.63, 3.8) is 0 Å². The SMILES string of the molecule is C=[N+]=[N-].N=C(N)c1ccccc1. The molecule has 0 amide bonds. The standard InChI is InChI=1S/C7H8N2.CH2N2/c8-7(9)6-4-2-1-3-5-6;1-3-2/h1-5H,(H3,8,9);1H2. The van der Waals surface area contributed by atoms with E-state index in [9.17, 15) is 0 Å².